The standard InChI is InChI=1S/C55H62N10O6/c56-49(67)41-21-12-18-38(30-41)34-61-50(68)47(33-42-35-60-44-23-11-10-22-43(42)44)63-51(69)45(24-13-29-59-54(57)58)62-52(70)46(31-36-14-4-1-5-15-36)64-53(71)55(65-48(66)32-37-16-6-2-7-17-37)27-25-40(26-28-55)39-19-8-3-9-20-39/h1-12,14-23,30,35,40,45-47,60H,13,24-29,31-34H2,(H2,56,67)(H,61,68)(H,62,70)(H,63,69)(H,64,71)(H,65,66)(H4,57,58,59)/t40-,45-,46+,47-,55+/m0/s1. The van der Waals surface area contributed by atoms with Crippen LogP contribution in [0.5, 0.6) is 0 Å². The Morgan fingerprint density at radius 3 is 1.94 bits per heavy atom. The topological polar surface area (TPSA) is 266 Å². The van der Waals surface area contributed by atoms with Crippen LogP contribution in [0.3, 0.4) is 0 Å². The summed E-state index contributed by atoms with van der Waals surface area (Å²) in [5.41, 5.74) is 14.9. The molecular weight excluding hydrogens is 897 g/mol. The summed E-state index contributed by atoms with van der Waals surface area (Å²) in [6.07, 6.45) is 4.18. The molecule has 0 spiro atoms. The van der Waals surface area contributed by atoms with E-state index in [4.69, 9.17) is 16.9 Å². The highest BCUT2D eigenvalue weighted by atomic mass is 16.2. The van der Waals surface area contributed by atoms with Crippen LogP contribution in [0.15, 0.2) is 146 Å². The van der Waals surface area contributed by atoms with Crippen LogP contribution in [0.2, 0.25) is 0 Å². The van der Waals surface area contributed by atoms with Crippen LogP contribution >= 0.6 is 0 Å². The van der Waals surface area contributed by atoms with E-state index in [1.807, 2.05) is 103 Å². The van der Waals surface area contributed by atoms with Crippen molar-refractivity contribution >= 4 is 52.3 Å². The molecule has 6 amide bonds. The quantitative estimate of drug-likeness (QED) is 0.0262. The lowest BCUT2D eigenvalue weighted by molar-refractivity contribution is -0.138. The smallest absolute Gasteiger partial charge is 0.248 e. The molecular formula is C55H62N10O6. The van der Waals surface area contributed by atoms with E-state index in [0.29, 0.717) is 31.2 Å². The Morgan fingerprint density at radius 1 is 0.648 bits per heavy atom. The monoisotopic (exact) mass is 958 g/mol. The first-order valence-corrected chi connectivity index (χ1v) is 24.0. The molecule has 1 aromatic heterocycles. The van der Waals surface area contributed by atoms with E-state index in [0.717, 1.165) is 33.2 Å². The Labute approximate surface area is 413 Å². The summed E-state index contributed by atoms with van der Waals surface area (Å²) in [5, 5.41) is 26.1. The molecule has 0 radical (unpaired) electrons. The number of guanidine groups is 1. The predicted octanol–water partition coefficient (Wildman–Crippen LogP) is 4.54. The highest BCUT2D eigenvalue weighted by Crippen LogP contribution is 2.38. The molecule has 16 heteroatoms. The molecule has 1 heterocycles. The van der Waals surface area contributed by atoms with Gasteiger partial charge in [-0.25, -0.2) is 0 Å². The molecule has 0 bridgehead atoms. The zero-order chi connectivity index (χ0) is 50.2. The van der Waals surface area contributed by atoms with Crippen molar-refractivity contribution in [1.82, 2.24) is 36.9 Å². The summed E-state index contributed by atoms with van der Waals surface area (Å²) in [5.74, 6) is -3.38. The molecule has 6 aromatic rings. The van der Waals surface area contributed by atoms with Crippen molar-refractivity contribution in [3.8, 4) is 0 Å². The number of nitrogens with one attached hydrogen (secondary N) is 8. The third-order valence-electron chi connectivity index (χ3n) is 13.1. The van der Waals surface area contributed by atoms with E-state index in [2.05, 4.69) is 49.0 Å². The van der Waals surface area contributed by atoms with Gasteiger partial charge in [-0.3, -0.25) is 34.2 Å². The first-order valence-electron chi connectivity index (χ1n) is 24.0. The predicted molar refractivity (Wildman–Crippen MR) is 273 cm³/mol. The fourth-order valence-corrected chi connectivity index (χ4v) is 9.25. The second kappa shape index (κ2) is 24.3. The van der Waals surface area contributed by atoms with E-state index in [9.17, 15) is 28.8 Å². The minimum Gasteiger partial charge on any atom is -0.370 e. The number of fused-ring (bicyclic) bond motifs is 1. The number of amides is 6. The minimum absolute atomic E-state index is 0.0269. The number of nitrogens with two attached hydrogens (primary N) is 2. The van der Waals surface area contributed by atoms with Crippen LogP contribution in [0.25, 0.3) is 10.9 Å². The Morgan fingerprint density at radius 2 is 1.25 bits per heavy atom. The van der Waals surface area contributed by atoms with Crippen LogP contribution in [-0.2, 0) is 49.8 Å². The number of carbonyl (C=O) groups is 6. The number of benzene rings is 5. The lowest BCUT2D eigenvalue weighted by Gasteiger charge is -2.40. The summed E-state index contributed by atoms with van der Waals surface area (Å²) < 4.78 is 0. The van der Waals surface area contributed by atoms with Gasteiger partial charge in [-0.05, 0) is 90.5 Å². The van der Waals surface area contributed by atoms with Crippen molar-refractivity contribution in [1.29, 1.82) is 5.41 Å². The molecule has 1 fully saturated rings. The number of hydrogen-bond donors (Lipinski definition) is 10. The van der Waals surface area contributed by atoms with Crippen molar-refractivity contribution in [3.05, 3.63) is 179 Å². The summed E-state index contributed by atoms with van der Waals surface area (Å²) >= 11 is 0. The van der Waals surface area contributed by atoms with Gasteiger partial charge in [0.2, 0.25) is 35.4 Å². The molecule has 0 aliphatic heterocycles. The van der Waals surface area contributed by atoms with Gasteiger partial charge in [0.25, 0.3) is 0 Å². The second-order valence-corrected chi connectivity index (χ2v) is 18.1. The van der Waals surface area contributed by atoms with Gasteiger partial charge in [0.05, 0.1) is 6.42 Å². The molecule has 12 N–H and O–H groups in total. The number of H-pyrrole nitrogens is 1. The van der Waals surface area contributed by atoms with Crippen LogP contribution < -0.4 is 43.4 Å². The lowest BCUT2D eigenvalue weighted by Crippen LogP contribution is -2.64. The fourth-order valence-electron chi connectivity index (χ4n) is 9.25. The number of aromatic amines is 1. The van der Waals surface area contributed by atoms with Crippen LogP contribution in [0.4, 0.5) is 0 Å². The summed E-state index contributed by atoms with van der Waals surface area (Å²) in [6.45, 7) is 0.233. The van der Waals surface area contributed by atoms with E-state index in [1.165, 1.54) is 0 Å². The summed E-state index contributed by atoms with van der Waals surface area (Å²) in [4.78, 5) is 87.5. The summed E-state index contributed by atoms with van der Waals surface area (Å²) in [6, 6.07) is 39.1. The molecule has 1 aliphatic rings. The van der Waals surface area contributed by atoms with Crippen LogP contribution in [-0.4, -0.2) is 76.6 Å². The maximum absolute atomic E-state index is 14.9. The number of hydrogen-bond acceptors (Lipinski definition) is 7. The molecule has 1 saturated carbocycles. The van der Waals surface area contributed by atoms with Crippen molar-refractivity contribution in [2.75, 3.05) is 6.54 Å². The van der Waals surface area contributed by atoms with Crippen LogP contribution in [0.1, 0.15) is 82.6 Å². The number of carbonyl (C=O) groups excluding carboxylic acids is 6. The van der Waals surface area contributed by atoms with Crippen molar-refractivity contribution in [3.63, 3.8) is 0 Å². The molecule has 0 unspecified atom stereocenters. The molecule has 3 atom stereocenters. The fraction of sp³-hybridized carbons (Fsp3) is 0.291. The molecule has 71 heavy (non-hydrogen) atoms. The Balaban J connectivity index is 1.14. The zero-order valence-corrected chi connectivity index (χ0v) is 39.5. The largest absolute Gasteiger partial charge is 0.370 e. The molecule has 1 aliphatic carbocycles. The van der Waals surface area contributed by atoms with Gasteiger partial charge < -0.3 is 48.4 Å². The minimum atomic E-state index is -1.34. The number of aromatic nitrogens is 1. The van der Waals surface area contributed by atoms with Gasteiger partial charge in [0.1, 0.15) is 23.7 Å². The Hall–Kier alpha value is -8.27. The first-order chi connectivity index (χ1) is 34.4. The third-order valence-corrected chi connectivity index (χ3v) is 13.1. The number of para-hydroxylation sites is 1. The highest BCUT2D eigenvalue weighted by molar-refractivity contribution is 5.98. The lowest BCUT2D eigenvalue weighted by atomic mass is 9.73. The molecule has 368 valence electrons. The van der Waals surface area contributed by atoms with E-state index >= 15 is 0 Å². The molecule has 16 nitrogen and oxygen atoms in total. The molecule has 5 aromatic carbocycles. The third kappa shape index (κ3) is 14.2. The van der Waals surface area contributed by atoms with Crippen LogP contribution in [0, 0.1) is 5.41 Å². The Bertz CT molecular complexity index is 2790. The van der Waals surface area contributed by atoms with E-state index in [1.54, 1.807) is 30.5 Å². The molecule has 0 saturated heterocycles. The first kappa shape index (κ1) is 50.6. The maximum atomic E-state index is 14.9. The van der Waals surface area contributed by atoms with Crippen molar-refractivity contribution < 1.29 is 28.8 Å². The highest BCUT2D eigenvalue weighted by Gasteiger charge is 2.45. The average molecular weight is 959 g/mol. The number of primary amides is 1. The van der Waals surface area contributed by atoms with Gasteiger partial charge in [0, 0.05) is 48.6 Å². The van der Waals surface area contributed by atoms with E-state index in [-0.39, 0.29) is 68.5 Å². The average Bonchev–Trinajstić information content (AvgIpc) is 3.79. The second-order valence-electron chi connectivity index (χ2n) is 18.1. The van der Waals surface area contributed by atoms with Gasteiger partial charge in [-0.1, -0.05) is 121 Å². The summed E-state index contributed by atoms with van der Waals surface area (Å²) in [7, 11) is 0. The zero-order valence-electron chi connectivity index (χ0n) is 39.5. The number of rotatable bonds is 22. The van der Waals surface area contributed by atoms with E-state index < -0.39 is 53.2 Å². The normalized spacial score (nSPS) is 16.6. The maximum Gasteiger partial charge on any atom is 0.248 e. The van der Waals surface area contributed by atoms with Gasteiger partial charge in [0.15, 0.2) is 5.96 Å². The van der Waals surface area contributed by atoms with Crippen molar-refractivity contribution in [2.24, 2.45) is 11.5 Å². The van der Waals surface area contributed by atoms with Gasteiger partial charge in [-0.15, -0.1) is 0 Å². The van der Waals surface area contributed by atoms with Gasteiger partial charge >= 0.3 is 0 Å². The van der Waals surface area contributed by atoms with Gasteiger partial charge in [-0.2, -0.15) is 0 Å². The SMILES string of the molecule is N=C(N)NCCC[C@H](NC(=O)[C@@H](Cc1ccccc1)NC(=O)[C@]1(NC(=O)Cc2ccccc2)CC[C@@H](c2ccccc2)CC1)C(=O)N[C@@H](Cc1c[nH]c2ccccc12)C(=O)NCc1cccc(C(N)=O)c1. The Kier molecular flexibility index (Phi) is 17.3. The molecule has 7 rings (SSSR count). The van der Waals surface area contributed by atoms with Crippen molar-refractivity contribution in [2.45, 2.75) is 93.9 Å².